The average molecular weight is 287 g/mol. The van der Waals surface area contributed by atoms with Crippen molar-refractivity contribution in [2.45, 2.75) is 31.2 Å². The van der Waals surface area contributed by atoms with Crippen LogP contribution in [-0.4, -0.2) is 25.9 Å². The van der Waals surface area contributed by atoms with Gasteiger partial charge in [0.25, 0.3) is 5.69 Å². The van der Waals surface area contributed by atoms with Crippen LogP contribution in [0.4, 0.5) is 5.69 Å². The van der Waals surface area contributed by atoms with Crippen molar-refractivity contribution in [2.24, 2.45) is 5.73 Å². The van der Waals surface area contributed by atoms with Crippen LogP contribution in [0, 0.1) is 17.0 Å². The maximum Gasteiger partial charge on any atom is 0.270 e. The van der Waals surface area contributed by atoms with Crippen molar-refractivity contribution in [3.63, 3.8) is 0 Å². The Morgan fingerprint density at radius 2 is 2.11 bits per heavy atom. The number of hydrogen-bond donors (Lipinski definition) is 2. The van der Waals surface area contributed by atoms with Gasteiger partial charge in [-0.3, -0.25) is 10.1 Å². The van der Waals surface area contributed by atoms with Crippen molar-refractivity contribution in [3.8, 4) is 0 Å². The molecular formula is C11H17N3O4S. The average Bonchev–Trinajstić information content (AvgIpc) is 2.36. The summed E-state index contributed by atoms with van der Waals surface area (Å²) in [5.41, 5.74) is 5.83. The van der Waals surface area contributed by atoms with Crippen LogP contribution in [-0.2, 0) is 10.0 Å². The molecule has 0 amide bonds. The number of nitro benzene ring substituents is 1. The second-order valence-electron chi connectivity index (χ2n) is 4.23. The fourth-order valence-corrected chi connectivity index (χ4v) is 2.79. The summed E-state index contributed by atoms with van der Waals surface area (Å²) in [6, 6.07) is 3.45. The standard InChI is InChI=1S/C11H17N3O4S/c1-3-9(12)7-13-19(17,18)11-6-10(14(15)16)5-4-8(11)2/h4-6,9,13H,3,7,12H2,1-2H3. The third-order valence-electron chi connectivity index (χ3n) is 2.73. The van der Waals surface area contributed by atoms with Crippen LogP contribution >= 0.6 is 0 Å². The summed E-state index contributed by atoms with van der Waals surface area (Å²) in [4.78, 5) is 9.95. The maximum atomic E-state index is 12.1. The molecule has 0 aromatic heterocycles. The van der Waals surface area contributed by atoms with E-state index < -0.39 is 14.9 Å². The summed E-state index contributed by atoms with van der Waals surface area (Å²) in [6.07, 6.45) is 0.635. The van der Waals surface area contributed by atoms with E-state index in [0.29, 0.717) is 12.0 Å². The Balaban J connectivity index is 3.06. The Bertz CT molecular complexity index is 571. The van der Waals surface area contributed by atoms with Gasteiger partial charge in [0.2, 0.25) is 10.0 Å². The first kappa shape index (κ1) is 15.5. The summed E-state index contributed by atoms with van der Waals surface area (Å²) in [6.45, 7) is 3.52. The predicted molar refractivity (Wildman–Crippen MR) is 71.3 cm³/mol. The highest BCUT2D eigenvalue weighted by molar-refractivity contribution is 7.89. The molecule has 1 rings (SSSR count). The molecular weight excluding hydrogens is 270 g/mol. The predicted octanol–water partition coefficient (Wildman–Crippen LogP) is 0.919. The highest BCUT2D eigenvalue weighted by Crippen LogP contribution is 2.21. The second kappa shape index (κ2) is 6.09. The van der Waals surface area contributed by atoms with Gasteiger partial charge in [0.05, 0.1) is 9.82 Å². The summed E-state index contributed by atoms with van der Waals surface area (Å²) < 4.78 is 26.5. The van der Waals surface area contributed by atoms with Gasteiger partial charge < -0.3 is 5.73 Å². The molecule has 0 aliphatic carbocycles. The Morgan fingerprint density at radius 3 is 2.63 bits per heavy atom. The molecule has 3 N–H and O–H groups in total. The first-order valence-corrected chi connectivity index (χ1v) is 7.26. The third kappa shape index (κ3) is 3.98. The van der Waals surface area contributed by atoms with Gasteiger partial charge in [-0.2, -0.15) is 0 Å². The normalized spacial score (nSPS) is 13.2. The molecule has 1 aromatic carbocycles. The molecule has 0 fully saturated rings. The van der Waals surface area contributed by atoms with Gasteiger partial charge in [0.15, 0.2) is 0 Å². The number of sulfonamides is 1. The third-order valence-corrected chi connectivity index (χ3v) is 4.30. The van der Waals surface area contributed by atoms with E-state index in [1.807, 2.05) is 6.92 Å². The van der Waals surface area contributed by atoms with Crippen LogP contribution < -0.4 is 10.5 Å². The first-order valence-electron chi connectivity index (χ1n) is 5.78. The zero-order valence-electron chi connectivity index (χ0n) is 10.8. The minimum absolute atomic E-state index is 0.0926. The molecule has 0 heterocycles. The number of rotatable bonds is 6. The lowest BCUT2D eigenvalue weighted by atomic mass is 10.2. The molecule has 106 valence electrons. The van der Waals surface area contributed by atoms with Crippen LogP contribution in [0.5, 0.6) is 0 Å². The molecule has 8 heteroatoms. The van der Waals surface area contributed by atoms with Gasteiger partial charge in [-0.25, -0.2) is 13.1 Å². The quantitative estimate of drug-likeness (QED) is 0.596. The maximum absolute atomic E-state index is 12.1. The van der Waals surface area contributed by atoms with Gasteiger partial charge in [-0.1, -0.05) is 13.0 Å². The Kier molecular flexibility index (Phi) is 4.98. The van der Waals surface area contributed by atoms with E-state index in [-0.39, 0.29) is 23.2 Å². The molecule has 0 radical (unpaired) electrons. The van der Waals surface area contributed by atoms with Crippen LogP contribution in [0.2, 0.25) is 0 Å². The van der Waals surface area contributed by atoms with Crippen LogP contribution in [0.15, 0.2) is 23.1 Å². The fourth-order valence-electron chi connectivity index (χ4n) is 1.43. The van der Waals surface area contributed by atoms with Crippen molar-refractivity contribution < 1.29 is 13.3 Å². The number of hydrogen-bond acceptors (Lipinski definition) is 5. The molecule has 19 heavy (non-hydrogen) atoms. The largest absolute Gasteiger partial charge is 0.327 e. The van der Waals surface area contributed by atoms with Crippen LogP contribution in [0.1, 0.15) is 18.9 Å². The van der Waals surface area contributed by atoms with E-state index in [4.69, 9.17) is 5.73 Å². The van der Waals surface area contributed by atoms with E-state index in [0.717, 1.165) is 6.07 Å². The molecule has 1 unspecified atom stereocenters. The van der Waals surface area contributed by atoms with Crippen molar-refractivity contribution in [2.75, 3.05) is 6.54 Å². The first-order chi connectivity index (χ1) is 8.77. The molecule has 0 aliphatic heterocycles. The second-order valence-corrected chi connectivity index (χ2v) is 5.96. The lowest BCUT2D eigenvalue weighted by Crippen LogP contribution is -2.36. The number of benzene rings is 1. The van der Waals surface area contributed by atoms with Gasteiger partial charge in [0.1, 0.15) is 0 Å². The smallest absolute Gasteiger partial charge is 0.270 e. The zero-order chi connectivity index (χ0) is 14.6. The highest BCUT2D eigenvalue weighted by Gasteiger charge is 2.20. The molecule has 0 spiro atoms. The number of aryl methyl sites for hydroxylation is 1. The minimum atomic E-state index is -3.79. The van der Waals surface area contributed by atoms with Gasteiger partial charge in [0, 0.05) is 24.7 Å². The SMILES string of the molecule is CCC(N)CNS(=O)(=O)c1cc([N+](=O)[O-])ccc1C. The van der Waals surface area contributed by atoms with Crippen LogP contribution in [0.3, 0.4) is 0 Å². The van der Waals surface area contributed by atoms with Crippen molar-refractivity contribution in [1.29, 1.82) is 0 Å². The molecule has 0 saturated carbocycles. The lowest BCUT2D eigenvalue weighted by molar-refractivity contribution is -0.385. The summed E-state index contributed by atoms with van der Waals surface area (Å²) in [7, 11) is -3.79. The Morgan fingerprint density at radius 1 is 1.47 bits per heavy atom. The molecule has 1 aromatic rings. The molecule has 1 atom stereocenters. The van der Waals surface area contributed by atoms with E-state index in [1.54, 1.807) is 6.92 Å². The van der Waals surface area contributed by atoms with Gasteiger partial charge >= 0.3 is 0 Å². The van der Waals surface area contributed by atoms with Crippen molar-refractivity contribution in [1.82, 2.24) is 4.72 Å². The van der Waals surface area contributed by atoms with Crippen molar-refractivity contribution in [3.05, 3.63) is 33.9 Å². The van der Waals surface area contributed by atoms with E-state index >= 15 is 0 Å². The van der Waals surface area contributed by atoms with Gasteiger partial charge in [-0.05, 0) is 18.9 Å². The van der Waals surface area contributed by atoms with E-state index in [9.17, 15) is 18.5 Å². The zero-order valence-corrected chi connectivity index (χ0v) is 11.6. The topological polar surface area (TPSA) is 115 Å². The highest BCUT2D eigenvalue weighted by atomic mass is 32.2. The molecule has 7 nitrogen and oxygen atoms in total. The molecule has 0 bridgehead atoms. The number of non-ortho nitro benzene ring substituents is 1. The Labute approximate surface area is 112 Å². The minimum Gasteiger partial charge on any atom is -0.327 e. The Hall–Kier alpha value is -1.51. The van der Waals surface area contributed by atoms with Gasteiger partial charge in [-0.15, -0.1) is 0 Å². The lowest BCUT2D eigenvalue weighted by Gasteiger charge is -2.12. The van der Waals surface area contributed by atoms with Crippen LogP contribution in [0.25, 0.3) is 0 Å². The summed E-state index contributed by atoms with van der Waals surface area (Å²) in [5, 5.41) is 10.7. The van der Waals surface area contributed by atoms with E-state index in [2.05, 4.69) is 4.72 Å². The number of nitrogens with one attached hydrogen (secondary N) is 1. The molecule has 0 saturated heterocycles. The number of nitrogens with two attached hydrogens (primary N) is 1. The monoisotopic (exact) mass is 287 g/mol. The summed E-state index contributed by atoms with van der Waals surface area (Å²) >= 11 is 0. The van der Waals surface area contributed by atoms with Crippen molar-refractivity contribution >= 4 is 15.7 Å². The number of nitro groups is 1. The number of nitrogens with zero attached hydrogens (tertiary/aromatic N) is 1. The molecule has 0 aliphatic rings. The fraction of sp³-hybridized carbons (Fsp3) is 0.455. The van der Waals surface area contributed by atoms with E-state index in [1.165, 1.54) is 12.1 Å². The summed E-state index contributed by atoms with van der Waals surface area (Å²) in [5.74, 6) is 0.